The summed E-state index contributed by atoms with van der Waals surface area (Å²) in [5.41, 5.74) is 1.14. The van der Waals surface area contributed by atoms with Gasteiger partial charge in [-0.3, -0.25) is 4.79 Å². The number of hydrogen-bond donors (Lipinski definition) is 2. The van der Waals surface area contributed by atoms with Gasteiger partial charge in [0.05, 0.1) is 12.2 Å². The van der Waals surface area contributed by atoms with E-state index in [2.05, 4.69) is 12.2 Å². The first-order chi connectivity index (χ1) is 11.2. The number of phenolic OH excluding ortho intramolecular Hbond substituents is 1. The lowest BCUT2D eigenvalue weighted by atomic mass is 10.1. The number of carbonyl (C=O) groups excluding carboxylic acids is 1. The minimum absolute atomic E-state index is 0.0878. The van der Waals surface area contributed by atoms with Crippen LogP contribution in [0.1, 0.15) is 43.0 Å². The Bertz CT molecular complexity index is 626. The number of phenols is 1. The van der Waals surface area contributed by atoms with Crippen molar-refractivity contribution in [1.82, 2.24) is 0 Å². The normalized spacial score (nSPS) is 10.3. The van der Waals surface area contributed by atoms with Crippen LogP contribution in [0.4, 0.5) is 5.69 Å². The molecule has 2 rings (SSSR count). The van der Waals surface area contributed by atoms with Crippen molar-refractivity contribution in [1.29, 1.82) is 0 Å². The number of hydrogen-bond acceptors (Lipinski definition) is 3. The van der Waals surface area contributed by atoms with Crippen LogP contribution in [-0.2, 0) is 0 Å². The van der Waals surface area contributed by atoms with E-state index in [-0.39, 0.29) is 11.7 Å². The third kappa shape index (κ3) is 5.33. The van der Waals surface area contributed by atoms with Gasteiger partial charge in [-0.1, -0.05) is 44.4 Å². The van der Waals surface area contributed by atoms with E-state index in [9.17, 15) is 9.90 Å². The summed E-state index contributed by atoms with van der Waals surface area (Å²) in [4.78, 5) is 12.4. The number of anilines is 1. The van der Waals surface area contributed by atoms with Gasteiger partial charge < -0.3 is 15.2 Å². The molecule has 23 heavy (non-hydrogen) atoms. The average molecular weight is 313 g/mol. The zero-order valence-electron chi connectivity index (χ0n) is 13.4. The largest absolute Gasteiger partial charge is 0.508 e. The summed E-state index contributed by atoms with van der Waals surface area (Å²) in [6.07, 6.45) is 4.37. The van der Waals surface area contributed by atoms with Crippen LogP contribution in [0.25, 0.3) is 0 Å². The molecule has 0 saturated carbocycles. The topological polar surface area (TPSA) is 58.6 Å². The highest BCUT2D eigenvalue weighted by Gasteiger charge is 2.13. The second kappa shape index (κ2) is 8.83. The van der Waals surface area contributed by atoms with E-state index in [1.54, 1.807) is 6.07 Å². The molecule has 0 unspecified atom stereocenters. The Labute approximate surface area is 137 Å². The number of nitrogens with one attached hydrogen (secondary N) is 1. The number of ether oxygens (including phenoxy) is 1. The van der Waals surface area contributed by atoms with Gasteiger partial charge >= 0.3 is 0 Å². The van der Waals surface area contributed by atoms with Crippen LogP contribution in [-0.4, -0.2) is 17.6 Å². The summed E-state index contributed by atoms with van der Waals surface area (Å²) in [7, 11) is 0. The van der Waals surface area contributed by atoms with Crippen LogP contribution >= 0.6 is 0 Å². The van der Waals surface area contributed by atoms with Gasteiger partial charge in [-0.25, -0.2) is 0 Å². The molecule has 4 nitrogen and oxygen atoms in total. The zero-order chi connectivity index (χ0) is 16.5. The number of aromatic hydroxyl groups is 1. The molecular weight excluding hydrogens is 290 g/mol. The van der Waals surface area contributed by atoms with Gasteiger partial charge in [-0.05, 0) is 30.7 Å². The molecule has 0 heterocycles. The van der Waals surface area contributed by atoms with Gasteiger partial charge in [-0.15, -0.1) is 0 Å². The van der Waals surface area contributed by atoms with Crippen molar-refractivity contribution in [3.8, 4) is 11.5 Å². The van der Waals surface area contributed by atoms with E-state index in [0.717, 1.165) is 24.9 Å². The molecule has 0 fully saturated rings. The minimum atomic E-state index is -0.250. The van der Waals surface area contributed by atoms with Crippen LogP contribution in [0.2, 0.25) is 0 Å². The fraction of sp³-hybridized carbons (Fsp3) is 0.316. The van der Waals surface area contributed by atoms with Gasteiger partial charge in [-0.2, -0.15) is 0 Å². The van der Waals surface area contributed by atoms with Gasteiger partial charge in [0.1, 0.15) is 11.5 Å². The second-order valence-corrected chi connectivity index (χ2v) is 5.41. The number of rotatable bonds is 8. The molecule has 0 spiro atoms. The monoisotopic (exact) mass is 313 g/mol. The van der Waals surface area contributed by atoms with Crippen molar-refractivity contribution in [2.24, 2.45) is 0 Å². The third-order valence-corrected chi connectivity index (χ3v) is 3.50. The fourth-order valence-electron chi connectivity index (χ4n) is 2.25. The molecule has 1 amide bonds. The molecule has 0 aliphatic rings. The molecule has 0 aliphatic heterocycles. The van der Waals surface area contributed by atoms with E-state index in [4.69, 9.17) is 4.74 Å². The molecule has 2 aromatic rings. The lowest BCUT2D eigenvalue weighted by Crippen LogP contribution is -2.14. The second-order valence-electron chi connectivity index (χ2n) is 5.41. The maximum absolute atomic E-state index is 12.4. The quantitative estimate of drug-likeness (QED) is 0.700. The zero-order valence-corrected chi connectivity index (χ0v) is 13.4. The first-order valence-corrected chi connectivity index (χ1v) is 8.03. The molecule has 2 N–H and O–H groups in total. The Balaban J connectivity index is 2.03. The fourth-order valence-corrected chi connectivity index (χ4v) is 2.25. The SMILES string of the molecule is CCCCCCOc1cc(O)ccc1C(=O)Nc1ccccc1. The van der Waals surface area contributed by atoms with Crippen molar-refractivity contribution in [2.45, 2.75) is 32.6 Å². The Hall–Kier alpha value is -2.49. The van der Waals surface area contributed by atoms with Crippen LogP contribution < -0.4 is 10.1 Å². The molecule has 0 saturated heterocycles. The Morgan fingerprint density at radius 2 is 1.87 bits per heavy atom. The summed E-state index contributed by atoms with van der Waals surface area (Å²) < 4.78 is 5.70. The standard InChI is InChI=1S/C19H23NO3/c1-2-3-4-8-13-23-18-14-16(21)11-12-17(18)19(22)20-15-9-6-5-7-10-15/h5-7,9-12,14,21H,2-4,8,13H2,1H3,(H,20,22). The number of benzene rings is 2. The van der Waals surface area contributed by atoms with Crippen molar-refractivity contribution >= 4 is 11.6 Å². The van der Waals surface area contributed by atoms with E-state index >= 15 is 0 Å². The molecule has 122 valence electrons. The summed E-state index contributed by atoms with van der Waals surface area (Å²) in [6, 6.07) is 13.8. The Morgan fingerprint density at radius 3 is 2.61 bits per heavy atom. The average Bonchev–Trinajstić information content (AvgIpc) is 2.55. The van der Waals surface area contributed by atoms with Crippen molar-refractivity contribution in [3.63, 3.8) is 0 Å². The first-order valence-electron chi connectivity index (χ1n) is 8.03. The van der Waals surface area contributed by atoms with Gasteiger partial charge in [0.2, 0.25) is 0 Å². The molecule has 0 radical (unpaired) electrons. The van der Waals surface area contributed by atoms with Crippen LogP contribution in [0, 0.1) is 0 Å². The van der Waals surface area contributed by atoms with Crippen molar-refractivity contribution in [2.75, 3.05) is 11.9 Å². The van der Waals surface area contributed by atoms with E-state index < -0.39 is 0 Å². The van der Waals surface area contributed by atoms with Crippen molar-refractivity contribution < 1.29 is 14.6 Å². The highest BCUT2D eigenvalue weighted by Crippen LogP contribution is 2.25. The number of unbranched alkanes of at least 4 members (excludes halogenated alkanes) is 3. The molecule has 0 atom stereocenters. The highest BCUT2D eigenvalue weighted by molar-refractivity contribution is 6.06. The van der Waals surface area contributed by atoms with Crippen LogP contribution in [0.3, 0.4) is 0 Å². The summed E-state index contributed by atoms with van der Waals surface area (Å²) in [5.74, 6) is 0.250. The van der Waals surface area contributed by atoms with E-state index in [0.29, 0.717) is 17.9 Å². The Kier molecular flexibility index (Phi) is 6.48. The summed E-state index contributed by atoms with van der Waals surface area (Å²) in [6.45, 7) is 2.69. The minimum Gasteiger partial charge on any atom is -0.508 e. The van der Waals surface area contributed by atoms with Crippen LogP contribution in [0.15, 0.2) is 48.5 Å². The number of carbonyl (C=O) groups is 1. The predicted octanol–water partition coefficient (Wildman–Crippen LogP) is 4.60. The molecule has 0 aromatic heterocycles. The summed E-state index contributed by atoms with van der Waals surface area (Å²) in [5, 5.41) is 12.5. The molecule has 0 bridgehead atoms. The lowest BCUT2D eigenvalue weighted by Gasteiger charge is -2.12. The smallest absolute Gasteiger partial charge is 0.259 e. The number of amides is 1. The van der Waals surface area contributed by atoms with Crippen LogP contribution in [0.5, 0.6) is 11.5 Å². The third-order valence-electron chi connectivity index (χ3n) is 3.50. The molecule has 0 aliphatic carbocycles. The maximum Gasteiger partial charge on any atom is 0.259 e. The molecule has 4 heteroatoms. The van der Waals surface area contributed by atoms with E-state index in [1.165, 1.54) is 18.6 Å². The predicted molar refractivity (Wildman–Crippen MR) is 92.1 cm³/mol. The highest BCUT2D eigenvalue weighted by atomic mass is 16.5. The van der Waals surface area contributed by atoms with Gasteiger partial charge in [0.25, 0.3) is 5.91 Å². The Morgan fingerprint density at radius 1 is 1.09 bits per heavy atom. The van der Waals surface area contributed by atoms with E-state index in [1.807, 2.05) is 30.3 Å². The van der Waals surface area contributed by atoms with Gasteiger partial charge in [0, 0.05) is 11.8 Å². The summed E-state index contributed by atoms with van der Waals surface area (Å²) >= 11 is 0. The molecular formula is C19H23NO3. The van der Waals surface area contributed by atoms with Crippen molar-refractivity contribution in [3.05, 3.63) is 54.1 Å². The molecule has 2 aromatic carbocycles. The first kappa shape index (κ1) is 16.9. The maximum atomic E-state index is 12.4. The lowest BCUT2D eigenvalue weighted by molar-refractivity contribution is 0.102. The van der Waals surface area contributed by atoms with Gasteiger partial charge in [0.15, 0.2) is 0 Å². The number of para-hydroxylation sites is 1.